The highest BCUT2D eigenvalue weighted by Gasteiger charge is 2.20. The Morgan fingerprint density at radius 1 is 1.11 bits per heavy atom. The fraction of sp³-hybridized carbons (Fsp3) is 0.333. The van der Waals surface area contributed by atoms with Gasteiger partial charge in [-0.3, -0.25) is 4.79 Å². The molecule has 0 saturated heterocycles. The lowest BCUT2D eigenvalue weighted by Crippen LogP contribution is -2.04. The molecule has 0 amide bonds. The van der Waals surface area contributed by atoms with Crippen LogP contribution in [-0.4, -0.2) is 15.6 Å². The Bertz CT molecular complexity index is 581. The molecule has 1 aromatic heterocycles. The summed E-state index contributed by atoms with van der Waals surface area (Å²) >= 11 is 0. The van der Waals surface area contributed by atoms with Gasteiger partial charge in [-0.1, -0.05) is 17.7 Å². The lowest BCUT2D eigenvalue weighted by Gasteiger charge is -2.07. The number of fused-ring (bicyclic) bond motifs is 1. The quantitative estimate of drug-likeness (QED) is 0.718. The highest BCUT2D eigenvalue weighted by Crippen LogP contribution is 2.23. The molecule has 0 fully saturated rings. The number of nitrogens with zero attached hydrogens (tertiary/aromatic N) is 2. The third-order valence-electron chi connectivity index (χ3n) is 3.52. The smallest absolute Gasteiger partial charge is 0.166 e. The number of aryl methyl sites for hydroxylation is 1. The zero-order valence-electron chi connectivity index (χ0n) is 10.5. The van der Waals surface area contributed by atoms with Crippen LogP contribution in [0.2, 0.25) is 0 Å². The van der Waals surface area contributed by atoms with E-state index in [4.69, 9.17) is 0 Å². The molecule has 0 spiro atoms. The molecule has 1 heterocycles. The second kappa shape index (κ2) is 4.41. The highest BCUT2D eigenvalue weighted by molar-refractivity contribution is 5.97. The normalized spacial score (nSPS) is 15.3. The molecule has 0 radical (unpaired) electrons. The molecule has 1 aliphatic rings. The Balaban J connectivity index is 2.08. The molecule has 18 heavy (non-hydrogen) atoms. The van der Waals surface area contributed by atoms with Crippen LogP contribution >= 0.6 is 0 Å². The van der Waals surface area contributed by atoms with Crippen LogP contribution in [0.5, 0.6) is 0 Å². The molecule has 92 valence electrons. The highest BCUT2D eigenvalue weighted by atomic mass is 16.1. The van der Waals surface area contributed by atoms with Gasteiger partial charge in [-0.05, 0) is 38.3 Å². The monoisotopic (exact) mass is 240 g/mol. The van der Waals surface area contributed by atoms with E-state index in [2.05, 4.69) is 36.3 Å². The van der Waals surface area contributed by atoms with E-state index in [1.807, 2.05) is 4.68 Å². The maximum Gasteiger partial charge on any atom is 0.166 e. The summed E-state index contributed by atoms with van der Waals surface area (Å²) in [6.07, 6.45) is 5.38. The van der Waals surface area contributed by atoms with E-state index in [0.717, 1.165) is 36.2 Å². The van der Waals surface area contributed by atoms with Gasteiger partial charge in [0.2, 0.25) is 0 Å². The zero-order valence-corrected chi connectivity index (χ0v) is 10.5. The second-order valence-corrected chi connectivity index (χ2v) is 4.88. The SMILES string of the molecule is Cc1ccc(-n2ncc3c2CCCCC3=O)cc1. The summed E-state index contributed by atoms with van der Waals surface area (Å²) in [6.45, 7) is 2.07. The minimum Gasteiger partial charge on any atom is -0.294 e. The summed E-state index contributed by atoms with van der Waals surface area (Å²) in [5.41, 5.74) is 4.15. The fourth-order valence-electron chi connectivity index (χ4n) is 2.47. The molecule has 3 rings (SSSR count). The lowest BCUT2D eigenvalue weighted by molar-refractivity contribution is 0.0982. The van der Waals surface area contributed by atoms with Gasteiger partial charge in [0, 0.05) is 6.42 Å². The Morgan fingerprint density at radius 2 is 1.83 bits per heavy atom. The van der Waals surface area contributed by atoms with Crippen LogP contribution in [0.25, 0.3) is 5.69 Å². The van der Waals surface area contributed by atoms with Crippen LogP contribution in [0.15, 0.2) is 30.5 Å². The lowest BCUT2D eigenvalue weighted by atomic mass is 10.1. The van der Waals surface area contributed by atoms with Crippen molar-refractivity contribution in [2.24, 2.45) is 0 Å². The summed E-state index contributed by atoms with van der Waals surface area (Å²) in [5.74, 6) is 0.237. The number of ketones is 1. The van der Waals surface area contributed by atoms with Gasteiger partial charge in [0.1, 0.15) is 0 Å². The topological polar surface area (TPSA) is 34.9 Å². The van der Waals surface area contributed by atoms with Crippen LogP contribution in [0, 0.1) is 6.92 Å². The maximum atomic E-state index is 12.0. The summed E-state index contributed by atoms with van der Waals surface area (Å²) in [5, 5.41) is 4.39. The fourth-order valence-corrected chi connectivity index (χ4v) is 2.47. The van der Waals surface area contributed by atoms with E-state index >= 15 is 0 Å². The molecule has 1 aromatic carbocycles. The zero-order chi connectivity index (χ0) is 12.5. The summed E-state index contributed by atoms with van der Waals surface area (Å²) in [4.78, 5) is 12.0. The van der Waals surface area contributed by atoms with E-state index in [9.17, 15) is 4.79 Å². The Hall–Kier alpha value is -1.90. The van der Waals surface area contributed by atoms with Gasteiger partial charge in [0.05, 0.1) is 23.1 Å². The van der Waals surface area contributed by atoms with Crippen molar-refractivity contribution in [2.45, 2.75) is 32.6 Å². The molecule has 0 aliphatic heterocycles. The first-order chi connectivity index (χ1) is 8.75. The molecule has 0 saturated carbocycles. The van der Waals surface area contributed by atoms with Gasteiger partial charge < -0.3 is 0 Å². The first-order valence-corrected chi connectivity index (χ1v) is 6.43. The molecule has 0 N–H and O–H groups in total. The first-order valence-electron chi connectivity index (χ1n) is 6.43. The number of rotatable bonds is 1. The van der Waals surface area contributed by atoms with Gasteiger partial charge in [0.25, 0.3) is 0 Å². The van der Waals surface area contributed by atoms with Crippen LogP contribution in [0.4, 0.5) is 0 Å². The number of hydrogen-bond donors (Lipinski definition) is 0. The molecule has 0 unspecified atom stereocenters. The van der Waals surface area contributed by atoms with Crippen molar-refractivity contribution >= 4 is 5.78 Å². The van der Waals surface area contributed by atoms with Crippen molar-refractivity contribution in [1.82, 2.24) is 9.78 Å². The number of hydrogen-bond acceptors (Lipinski definition) is 2. The van der Waals surface area contributed by atoms with Crippen LogP contribution in [0.3, 0.4) is 0 Å². The predicted octanol–water partition coefficient (Wildman–Crippen LogP) is 3.09. The standard InChI is InChI=1S/C15H16N2O/c1-11-6-8-12(9-7-11)17-14-4-2-3-5-15(18)13(14)10-16-17/h6-10H,2-5H2,1H3. The van der Waals surface area contributed by atoms with Crippen molar-refractivity contribution in [3.05, 3.63) is 47.3 Å². The summed E-state index contributed by atoms with van der Waals surface area (Å²) in [6, 6.07) is 8.25. The van der Waals surface area contributed by atoms with E-state index in [1.165, 1.54) is 5.56 Å². The molecule has 3 heteroatoms. The van der Waals surface area contributed by atoms with Crippen molar-refractivity contribution in [1.29, 1.82) is 0 Å². The van der Waals surface area contributed by atoms with Crippen molar-refractivity contribution < 1.29 is 4.79 Å². The average molecular weight is 240 g/mol. The number of aromatic nitrogens is 2. The molecule has 2 aromatic rings. The van der Waals surface area contributed by atoms with E-state index in [0.29, 0.717) is 6.42 Å². The van der Waals surface area contributed by atoms with Gasteiger partial charge in [-0.25, -0.2) is 4.68 Å². The second-order valence-electron chi connectivity index (χ2n) is 4.88. The van der Waals surface area contributed by atoms with Gasteiger partial charge in [-0.2, -0.15) is 5.10 Å². The number of Topliss-reactive ketones (excluding diaryl/α,β-unsaturated/α-hetero) is 1. The average Bonchev–Trinajstić information content (AvgIpc) is 2.71. The number of carbonyl (C=O) groups excluding carboxylic acids is 1. The largest absolute Gasteiger partial charge is 0.294 e. The van der Waals surface area contributed by atoms with Crippen LogP contribution in [0.1, 0.15) is 40.9 Å². The van der Waals surface area contributed by atoms with E-state index in [1.54, 1.807) is 6.20 Å². The van der Waals surface area contributed by atoms with Crippen molar-refractivity contribution in [3.8, 4) is 5.69 Å². The molecule has 1 aliphatic carbocycles. The predicted molar refractivity (Wildman–Crippen MR) is 70.2 cm³/mol. The van der Waals surface area contributed by atoms with Crippen molar-refractivity contribution in [2.75, 3.05) is 0 Å². The van der Waals surface area contributed by atoms with Crippen LogP contribution < -0.4 is 0 Å². The van der Waals surface area contributed by atoms with Crippen molar-refractivity contribution in [3.63, 3.8) is 0 Å². The molecule has 3 nitrogen and oxygen atoms in total. The van der Waals surface area contributed by atoms with Gasteiger partial charge in [0.15, 0.2) is 5.78 Å². The minimum atomic E-state index is 0.237. The van der Waals surface area contributed by atoms with E-state index in [-0.39, 0.29) is 5.78 Å². The Labute approximate surface area is 106 Å². The summed E-state index contributed by atoms with van der Waals surface area (Å²) in [7, 11) is 0. The molecular weight excluding hydrogens is 224 g/mol. The molecular formula is C15H16N2O. The third kappa shape index (κ3) is 1.86. The maximum absolute atomic E-state index is 12.0. The number of benzene rings is 1. The van der Waals surface area contributed by atoms with E-state index < -0.39 is 0 Å². The number of carbonyl (C=O) groups is 1. The Morgan fingerprint density at radius 3 is 2.61 bits per heavy atom. The third-order valence-corrected chi connectivity index (χ3v) is 3.52. The molecule has 0 atom stereocenters. The first kappa shape index (κ1) is 11.2. The van der Waals surface area contributed by atoms with Gasteiger partial charge >= 0.3 is 0 Å². The minimum absolute atomic E-state index is 0.237. The summed E-state index contributed by atoms with van der Waals surface area (Å²) < 4.78 is 1.91. The van der Waals surface area contributed by atoms with Gasteiger partial charge in [-0.15, -0.1) is 0 Å². The van der Waals surface area contributed by atoms with Crippen LogP contribution in [-0.2, 0) is 6.42 Å². The molecule has 0 bridgehead atoms. The Kier molecular flexibility index (Phi) is 2.74.